The van der Waals surface area contributed by atoms with Gasteiger partial charge in [0.1, 0.15) is 0 Å². The number of hydrogen-bond donors (Lipinski definition) is 1. The fourth-order valence-electron chi connectivity index (χ4n) is 1.34. The normalized spacial score (nSPS) is 11.0. The standard InChI is InChI=1S/C14H27NO3/c1-11(2)5-7-18-8-6-13(16)10-15-14(17)9-12(3)4/h11-12H,5-10H2,1-4H3,(H,15,17). The zero-order valence-electron chi connectivity index (χ0n) is 12.1. The molecule has 1 N–H and O–H groups in total. The van der Waals surface area contributed by atoms with E-state index in [4.69, 9.17) is 4.74 Å². The van der Waals surface area contributed by atoms with Gasteiger partial charge in [0.2, 0.25) is 5.91 Å². The molecular weight excluding hydrogens is 230 g/mol. The van der Waals surface area contributed by atoms with E-state index in [2.05, 4.69) is 19.2 Å². The summed E-state index contributed by atoms with van der Waals surface area (Å²) in [4.78, 5) is 22.8. The summed E-state index contributed by atoms with van der Waals surface area (Å²) in [7, 11) is 0. The zero-order valence-corrected chi connectivity index (χ0v) is 12.1. The molecule has 0 aliphatic heterocycles. The lowest BCUT2D eigenvalue weighted by atomic mass is 10.1. The molecule has 0 aliphatic carbocycles. The van der Waals surface area contributed by atoms with Crippen molar-refractivity contribution in [3.8, 4) is 0 Å². The highest BCUT2D eigenvalue weighted by Gasteiger charge is 2.07. The van der Waals surface area contributed by atoms with Crippen LogP contribution < -0.4 is 5.32 Å². The molecule has 0 aromatic rings. The molecule has 0 fully saturated rings. The maximum absolute atomic E-state index is 11.4. The molecule has 0 saturated heterocycles. The molecule has 106 valence electrons. The van der Waals surface area contributed by atoms with E-state index >= 15 is 0 Å². The largest absolute Gasteiger partial charge is 0.381 e. The van der Waals surface area contributed by atoms with Crippen LogP contribution >= 0.6 is 0 Å². The Morgan fingerprint density at radius 2 is 1.72 bits per heavy atom. The Balaban J connectivity index is 3.46. The SMILES string of the molecule is CC(C)CCOCCC(=O)CNC(=O)CC(C)C. The Morgan fingerprint density at radius 1 is 1.06 bits per heavy atom. The van der Waals surface area contributed by atoms with Crippen molar-refractivity contribution in [1.29, 1.82) is 0 Å². The molecule has 4 nitrogen and oxygen atoms in total. The van der Waals surface area contributed by atoms with Crippen molar-refractivity contribution >= 4 is 11.7 Å². The van der Waals surface area contributed by atoms with Crippen LogP contribution in [0.2, 0.25) is 0 Å². The predicted octanol–water partition coefficient (Wildman–Crippen LogP) is 2.17. The number of ketones is 1. The first-order valence-corrected chi connectivity index (χ1v) is 6.78. The molecule has 0 unspecified atom stereocenters. The summed E-state index contributed by atoms with van der Waals surface area (Å²) < 4.78 is 5.35. The number of ether oxygens (including phenoxy) is 1. The molecule has 1 amide bonds. The lowest BCUT2D eigenvalue weighted by Gasteiger charge is -2.07. The Hall–Kier alpha value is -0.900. The number of nitrogens with one attached hydrogen (secondary N) is 1. The van der Waals surface area contributed by atoms with Crippen LogP contribution in [0.1, 0.15) is 47.0 Å². The third-order valence-corrected chi connectivity index (χ3v) is 2.44. The smallest absolute Gasteiger partial charge is 0.220 e. The second-order valence-corrected chi connectivity index (χ2v) is 5.46. The van der Waals surface area contributed by atoms with Crippen LogP contribution in [0.15, 0.2) is 0 Å². The molecule has 0 atom stereocenters. The minimum Gasteiger partial charge on any atom is -0.381 e. The number of amides is 1. The molecule has 4 heteroatoms. The summed E-state index contributed by atoms with van der Waals surface area (Å²) in [6, 6.07) is 0. The van der Waals surface area contributed by atoms with Crippen LogP contribution in [0, 0.1) is 11.8 Å². The van der Waals surface area contributed by atoms with Gasteiger partial charge in [-0.1, -0.05) is 27.7 Å². The average Bonchev–Trinajstić information content (AvgIpc) is 2.24. The number of Topliss-reactive ketones (excluding diaryl/α,β-unsaturated/α-hetero) is 1. The Morgan fingerprint density at radius 3 is 2.28 bits per heavy atom. The molecule has 0 bridgehead atoms. The minimum atomic E-state index is -0.0564. The van der Waals surface area contributed by atoms with Crippen LogP contribution in [-0.4, -0.2) is 31.4 Å². The van der Waals surface area contributed by atoms with Crippen LogP contribution in [0.5, 0.6) is 0 Å². The van der Waals surface area contributed by atoms with Crippen LogP contribution in [-0.2, 0) is 14.3 Å². The van der Waals surface area contributed by atoms with Gasteiger partial charge < -0.3 is 10.1 Å². The highest BCUT2D eigenvalue weighted by molar-refractivity contribution is 5.86. The number of carbonyl (C=O) groups is 2. The van der Waals surface area contributed by atoms with Gasteiger partial charge in [-0.15, -0.1) is 0 Å². The van der Waals surface area contributed by atoms with Crippen LogP contribution in [0.3, 0.4) is 0 Å². The fourth-order valence-corrected chi connectivity index (χ4v) is 1.34. The van der Waals surface area contributed by atoms with Crippen LogP contribution in [0.25, 0.3) is 0 Å². The molecule has 18 heavy (non-hydrogen) atoms. The molecule has 0 radical (unpaired) electrons. The lowest BCUT2D eigenvalue weighted by molar-refractivity contribution is -0.126. The number of rotatable bonds is 10. The van der Waals surface area contributed by atoms with E-state index in [0.29, 0.717) is 37.9 Å². The van der Waals surface area contributed by atoms with E-state index in [1.165, 1.54) is 0 Å². The van der Waals surface area contributed by atoms with Gasteiger partial charge in [0.25, 0.3) is 0 Å². The van der Waals surface area contributed by atoms with Gasteiger partial charge >= 0.3 is 0 Å². The molecule has 0 aliphatic rings. The van der Waals surface area contributed by atoms with Crippen molar-refractivity contribution in [3.63, 3.8) is 0 Å². The molecule has 0 aromatic heterocycles. The van der Waals surface area contributed by atoms with Gasteiger partial charge in [-0.05, 0) is 18.3 Å². The van der Waals surface area contributed by atoms with Crippen molar-refractivity contribution in [3.05, 3.63) is 0 Å². The highest BCUT2D eigenvalue weighted by Crippen LogP contribution is 2.00. The van der Waals surface area contributed by atoms with Gasteiger partial charge in [-0.3, -0.25) is 9.59 Å². The van der Waals surface area contributed by atoms with Gasteiger partial charge in [-0.25, -0.2) is 0 Å². The van der Waals surface area contributed by atoms with Crippen molar-refractivity contribution < 1.29 is 14.3 Å². The van der Waals surface area contributed by atoms with E-state index in [1.54, 1.807) is 0 Å². The quantitative estimate of drug-likeness (QED) is 0.610. The first-order valence-electron chi connectivity index (χ1n) is 6.78. The molecule has 0 spiro atoms. The van der Waals surface area contributed by atoms with Gasteiger partial charge in [0.15, 0.2) is 5.78 Å². The first-order chi connectivity index (χ1) is 8.41. The Labute approximate surface area is 110 Å². The zero-order chi connectivity index (χ0) is 14.0. The third-order valence-electron chi connectivity index (χ3n) is 2.44. The van der Waals surface area contributed by atoms with Crippen molar-refractivity contribution in [2.75, 3.05) is 19.8 Å². The molecular formula is C14H27NO3. The summed E-state index contributed by atoms with van der Waals surface area (Å²) in [6.07, 6.45) is 1.86. The fraction of sp³-hybridized carbons (Fsp3) is 0.857. The maximum Gasteiger partial charge on any atom is 0.220 e. The Kier molecular flexibility index (Phi) is 9.56. The Bertz CT molecular complexity index is 249. The third kappa shape index (κ3) is 11.6. The van der Waals surface area contributed by atoms with E-state index in [9.17, 15) is 9.59 Å². The van der Waals surface area contributed by atoms with Gasteiger partial charge in [0.05, 0.1) is 13.2 Å². The predicted molar refractivity (Wildman–Crippen MR) is 72.4 cm³/mol. The summed E-state index contributed by atoms with van der Waals surface area (Å²) in [6.45, 7) is 9.50. The lowest BCUT2D eigenvalue weighted by Crippen LogP contribution is -2.30. The van der Waals surface area contributed by atoms with Crippen molar-refractivity contribution in [1.82, 2.24) is 5.32 Å². The molecule has 0 rings (SSSR count). The monoisotopic (exact) mass is 257 g/mol. The van der Waals surface area contributed by atoms with Crippen molar-refractivity contribution in [2.45, 2.75) is 47.0 Å². The maximum atomic E-state index is 11.4. The van der Waals surface area contributed by atoms with E-state index in [0.717, 1.165) is 6.42 Å². The van der Waals surface area contributed by atoms with E-state index in [-0.39, 0.29) is 18.2 Å². The van der Waals surface area contributed by atoms with Crippen LogP contribution in [0.4, 0.5) is 0 Å². The second-order valence-electron chi connectivity index (χ2n) is 5.46. The summed E-state index contributed by atoms with van der Waals surface area (Å²) in [5, 5.41) is 2.63. The highest BCUT2D eigenvalue weighted by atomic mass is 16.5. The van der Waals surface area contributed by atoms with Crippen molar-refractivity contribution in [2.24, 2.45) is 11.8 Å². The first kappa shape index (κ1) is 17.1. The van der Waals surface area contributed by atoms with E-state index in [1.807, 2.05) is 13.8 Å². The van der Waals surface area contributed by atoms with Gasteiger partial charge in [0, 0.05) is 19.4 Å². The van der Waals surface area contributed by atoms with Gasteiger partial charge in [-0.2, -0.15) is 0 Å². The second kappa shape index (κ2) is 10.1. The summed E-state index contributed by atoms with van der Waals surface area (Å²) in [5.41, 5.74) is 0. The molecule has 0 aromatic carbocycles. The number of carbonyl (C=O) groups excluding carboxylic acids is 2. The summed E-state index contributed by atoms with van der Waals surface area (Å²) in [5.74, 6) is 0.909. The summed E-state index contributed by atoms with van der Waals surface area (Å²) >= 11 is 0. The molecule has 0 saturated carbocycles. The topological polar surface area (TPSA) is 55.4 Å². The minimum absolute atomic E-state index is 0.0247. The van der Waals surface area contributed by atoms with E-state index < -0.39 is 0 Å². The average molecular weight is 257 g/mol. The molecule has 0 heterocycles. The number of hydrogen-bond acceptors (Lipinski definition) is 3.